The summed E-state index contributed by atoms with van der Waals surface area (Å²) in [5.41, 5.74) is 2.52. The summed E-state index contributed by atoms with van der Waals surface area (Å²) in [6.07, 6.45) is 0. The molecule has 0 bridgehead atoms. The number of carbonyl (C=O) groups is 2. The Balaban J connectivity index is 1.72. The molecule has 7 heteroatoms. The molecule has 1 amide bonds. The summed E-state index contributed by atoms with van der Waals surface area (Å²) in [6, 6.07) is 16.1. The van der Waals surface area contributed by atoms with Crippen molar-refractivity contribution in [1.82, 2.24) is 15.3 Å². The quantitative estimate of drug-likeness (QED) is 0.598. The van der Waals surface area contributed by atoms with Crippen molar-refractivity contribution in [3.8, 4) is 5.75 Å². The highest BCUT2D eigenvalue weighted by atomic mass is 16.5. The zero-order valence-electron chi connectivity index (χ0n) is 16.5. The molecule has 0 fully saturated rings. The number of hydrogen-bond acceptors (Lipinski definition) is 6. The Labute approximate surface area is 169 Å². The second-order valence-corrected chi connectivity index (χ2v) is 6.44. The lowest BCUT2D eigenvalue weighted by atomic mass is 10.1. The van der Waals surface area contributed by atoms with Crippen LogP contribution in [0.5, 0.6) is 5.75 Å². The zero-order valence-corrected chi connectivity index (χ0v) is 16.5. The lowest BCUT2D eigenvalue weighted by molar-refractivity contribution is 0.0944. The third-order valence-electron chi connectivity index (χ3n) is 4.27. The molecule has 0 unspecified atom stereocenters. The Morgan fingerprint density at radius 1 is 1.03 bits per heavy atom. The van der Waals surface area contributed by atoms with E-state index in [0.717, 1.165) is 11.3 Å². The molecule has 3 aromatic rings. The fraction of sp³-hybridized carbons (Fsp3) is 0.182. The Hall–Kier alpha value is -3.74. The van der Waals surface area contributed by atoms with Gasteiger partial charge in [0, 0.05) is 29.4 Å². The van der Waals surface area contributed by atoms with E-state index in [0.29, 0.717) is 29.5 Å². The third kappa shape index (κ3) is 5.16. The predicted molar refractivity (Wildman–Crippen MR) is 111 cm³/mol. The summed E-state index contributed by atoms with van der Waals surface area (Å²) in [4.78, 5) is 32.5. The number of para-hydroxylation sites is 1. The van der Waals surface area contributed by atoms with Crippen LogP contribution in [0, 0.1) is 6.92 Å². The van der Waals surface area contributed by atoms with Crippen LogP contribution in [-0.2, 0) is 6.54 Å². The number of rotatable bonds is 7. The normalized spacial score (nSPS) is 10.3. The van der Waals surface area contributed by atoms with E-state index in [1.54, 1.807) is 44.4 Å². The van der Waals surface area contributed by atoms with Gasteiger partial charge in [-0.2, -0.15) is 0 Å². The van der Waals surface area contributed by atoms with Gasteiger partial charge in [0.2, 0.25) is 0 Å². The molecule has 29 heavy (non-hydrogen) atoms. The van der Waals surface area contributed by atoms with Crippen LogP contribution in [0.3, 0.4) is 0 Å². The van der Waals surface area contributed by atoms with Crippen molar-refractivity contribution in [2.24, 2.45) is 0 Å². The molecule has 0 radical (unpaired) electrons. The molecule has 0 atom stereocenters. The van der Waals surface area contributed by atoms with E-state index < -0.39 is 0 Å². The molecule has 7 nitrogen and oxygen atoms in total. The monoisotopic (exact) mass is 390 g/mol. The predicted octanol–water partition coefficient (Wildman–Crippen LogP) is 3.67. The molecular weight excluding hydrogens is 368 g/mol. The molecule has 0 aliphatic carbocycles. The van der Waals surface area contributed by atoms with Crippen molar-refractivity contribution in [3.63, 3.8) is 0 Å². The fourth-order valence-electron chi connectivity index (χ4n) is 2.80. The van der Waals surface area contributed by atoms with Crippen molar-refractivity contribution in [2.45, 2.75) is 20.4 Å². The minimum Gasteiger partial charge on any atom is -0.496 e. The number of nitrogens with one attached hydrogen (secondary N) is 2. The molecule has 0 aliphatic heterocycles. The summed E-state index contributed by atoms with van der Waals surface area (Å²) in [5, 5.41) is 5.99. The Bertz CT molecular complexity index is 1030. The molecule has 2 N–H and O–H groups in total. The van der Waals surface area contributed by atoms with Crippen LogP contribution < -0.4 is 15.4 Å². The van der Waals surface area contributed by atoms with Crippen molar-refractivity contribution in [2.75, 3.05) is 12.4 Å². The Morgan fingerprint density at radius 2 is 1.76 bits per heavy atom. The number of carbonyl (C=O) groups excluding carboxylic acids is 2. The maximum Gasteiger partial charge on any atom is 0.270 e. The highest BCUT2D eigenvalue weighted by Crippen LogP contribution is 2.18. The van der Waals surface area contributed by atoms with Crippen LogP contribution in [0.15, 0.2) is 54.6 Å². The molecule has 2 aromatic carbocycles. The topological polar surface area (TPSA) is 93.2 Å². The van der Waals surface area contributed by atoms with E-state index >= 15 is 0 Å². The third-order valence-corrected chi connectivity index (χ3v) is 4.27. The number of amides is 1. The van der Waals surface area contributed by atoms with Crippen LogP contribution in [0.1, 0.15) is 39.2 Å². The van der Waals surface area contributed by atoms with Gasteiger partial charge in [-0.15, -0.1) is 0 Å². The number of aryl methyl sites for hydroxylation is 1. The molecule has 1 heterocycles. The minimum atomic E-state index is -0.309. The Kier molecular flexibility index (Phi) is 6.19. The van der Waals surface area contributed by atoms with Crippen LogP contribution in [0.4, 0.5) is 11.5 Å². The van der Waals surface area contributed by atoms with Gasteiger partial charge in [0.05, 0.1) is 7.11 Å². The fourth-order valence-corrected chi connectivity index (χ4v) is 2.80. The highest BCUT2D eigenvalue weighted by Gasteiger charge is 2.12. The minimum absolute atomic E-state index is 0.00318. The van der Waals surface area contributed by atoms with Crippen LogP contribution in [0.2, 0.25) is 0 Å². The first kappa shape index (κ1) is 20.0. The molecule has 0 spiro atoms. The number of Topliss-reactive ketones (excluding diaryl/α,β-unsaturated/α-hetero) is 1. The summed E-state index contributed by atoms with van der Waals surface area (Å²) >= 11 is 0. The van der Waals surface area contributed by atoms with E-state index in [1.165, 1.54) is 6.92 Å². The number of anilines is 2. The smallest absolute Gasteiger partial charge is 0.270 e. The van der Waals surface area contributed by atoms with Gasteiger partial charge in [-0.05, 0) is 44.2 Å². The first-order chi connectivity index (χ1) is 14.0. The first-order valence-corrected chi connectivity index (χ1v) is 9.10. The number of ketones is 1. The van der Waals surface area contributed by atoms with E-state index in [9.17, 15) is 9.59 Å². The number of aromatic nitrogens is 2. The van der Waals surface area contributed by atoms with Crippen LogP contribution in [-0.4, -0.2) is 28.8 Å². The van der Waals surface area contributed by atoms with Gasteiger partial charge in [-0.25, -0.2) is 9.97 Å². The largest absolute Gasteiger partial charge is 0.496 e. The van der Waals surface area contributed by atoms with Crippen molar-refractivity contribution in [1.29, 1.82) is 0 Å². The standard InChI is InChI=1S/C22H22N4O3/c1-14(27)16-8-10-18(11-9-16)26-21-12-19(24-15(2)25-21)22(28)23-13-17-6-4-5-7-20(17)29-3/h4-12H,13H2,1-3H3,(H,23,28)(H,24,25,26). The SMILES string of the molecule is COc1ccccc1CNC(=O)c1cc(Nc2ccc(C(C)=O)cc2)nc(C)n1. The summed E-state index contributed by atoms with van der Waals surface area (Å²) < 4.78 is 5.30. The van der Waals surface area contributed by atoms with Gasteiger partial charge < -0.3 is 15.4 Å². The summed E-state index contributed by atoms with van der Waals surface area (Å²) in [6.45, 7) is 3.56. The molecular formula is C22H22N4O3. The van der Waals surface area contributed by atoms with Gasteiger partial charge in [-0.3, -0.25) is 9.59 Å². The zero-order chi connectivity index (χ0) is 20.8. The number of hydrogen-bond donors (Lipinski definition) is 2. The number of benzene rings is 2. The van der Waals surface area contributed by atoms with Crippen LogP contribution >= 0.6 is 0 Å². The second-order valence-electron chi connectivity index (χ2n) is 6.44. The maximum atomic E-state index is 12.6. The van der Waals surface area contributed by atoms with E-state index in [2.05, 4.69) is 20.6 Å². The second kappa shape index (κ2) is 8.97. The average Bonchev–Trinajstić information content (AvgIpc) is 2.72. The molecule has 0 aliphatic rings. The van der Waals surface area contributed by atoms with E-state index in [4.69, 9.17) is 4.74 Å². The first-order valence-electron chi connectivity index (χ1n) is 9.10. The van der Waals surface area contributed by atoms with Gasteiger partial charge in [-0.1, -0.05) is 18.2 Å². The highest BCUT2D eigenvalue weighted by molar-refractivity contribution is 5.94. The molecule has 3 rings (SSSR count). The van der Waals surface area contributed by atoms with Gasteiger partial charge in [0.1, 0.15) is 23.1 Å². The van der Waals surface area contributed by atoms with E-state index in [1.807, 2.05) is 24.3 Å². The number of nitrogens with zero attached hydrogens (tertiary/aromatic N) is 2. The summed E-state index contributed by atoms with van der Waals surface area (Å²) in [5.74, 6) is 1.37. The lowest BCUT2D eigenvalue weighted by Crippen LogP contribution is -2.24. The summed E-state index contributed by atoms with van der Waals surface area (Å²) in [7, 11) is 1.59. The van der Waals surface area contributed by atoms with Gasteiger partial charge in [0.15, 0.2) is 5.78 Å². The molecule has 0 saturated heterocycles. The number of methoxy groups -OCH3 is 1. The lowest BCUT2D eigenvalue weighted by Gasteiger charge is -2.11. The van der Waals surface area contributed by atoms with Crippen molar-refractivity contribution in [3.05, 3.63) is 77.2 Å². The van der Waals surface area contributed by atoms with Gasteiger partial charge in [0.25, 0.3) is 5.91 Å². The number of ether oxygens (including phenoxy) is 1. The molecule has 148 valence electrons. The average molecular weight is 390 g/mol. The van der Waals surface area contributed by atoms with Crippen LogP contribution in [0.25, 0.3) is 0 Å². The molecule has 0 saturated carbocycles. The molecule has 1 aromatic heterocycles. The Morgan fingerprint density at radius 3 is 2.45 bits per heavy atom. The van der Waals surface area contributed by atoms with E-state index in [-0.39, 0.29) is 17.4 Å². The van der Waals surface area contributed by atoms with Crippen molar-refractivity contribution >= 4 is 23.2 Å². The van der Waals surface area contributed by atoms with Gasteiger partial charge >= 0.3 is 0 Å². The van der Waals surface area contributed by atoms with Crippen molar-refractivity contribution < 1.29 is 14.3 Å². The maximum absolute atomic E-state index is 12.6.